The summed E-state index contributed by atoms with van der Waals surface area (Å²) in [6.07, 6.45) is 9.20. The van der Waals surface area contributed by atoms with Gasteiger partial charge in [0.2, 0.25) is 0 Å². The molecule has 1 aliphatic rings. The molecule has 3 N–H and O–H groups in total. The molecule has 3 heteroatoms. The summed E-state index contributed by atoms with van der Waals surface area (Å²) in [4.78, 5) is 0. The normalized spacial score (nSPS) is 21.0. The van der Waals surface area contributed by atoms with Gasteiger partial charge in [-0.05, 0) is 56.4 Å². The molecule has 0 aliphatic heterocycles. The molecule has 1 saturated carbocycles. The average Bonchev–Trinajstić information content (AvgIpc) is 2.56. The van der Waals surface area contributed by atoms with Crippen LogP contribution < -0.4 is 5.73 Å². The molecule has 25 heavy (non-hydrogen) atoms. The van der Waals surface area contributed by atoms with Crippen LogP contribution in [0.5, 0.6) is 0 Å². The van der Waals surface area contributed by atoms with Crippen molar-refractivity contribution in [2.75, 3.05) is 0 Å². The minimum atomic E-state index is -0.889. The van der Waals surface area contributed by atoms with Crippen molar-refractivity contribution in [3.05, 3.63) is 40.4 Å². The number of aliphatic hydroxyl groups is 1. The topological polar surface area (TPSA) is 46.2 Å². The van der Waals surface area contributed by atoms with Gasteiger partial charge in [0.15, 0.2) is 0 Å². The highest BCUT2D eigenvalue weighted by molar-refractivity contribution is 6.30. The Morgan fingerprint density at radius 3 is 2.32 bits per heavy atom. The van der Waals surface area contributed by atoms with E-state index in [1.54, 1.807) is 0 Å². The van der Waals surface area contributed by atoms with Crippen molar-refractivity contribution in [3.8, 4) is 0 Å². The molecule has 140 valence electrons. The fourth-order valence-electron chi connectivity index (χ4n) is 4.06. The maximum Gasteiger partial charge on any atom is 0.0902 e. The summed E-state index contributed by atoms with van der Waals surface area (Å²) in [7, 11) is 0. The molecule has 2 nitrogen and oxygen atoms in total. The molecule has 0 spiro atoms. The van der Waals surface area contributed by atoms with Gasteiger partial charge in [0, 0.05) is 16.5 Å². The van der Waals surface area contributed by atoms with Gasteiger partial charge in [0.05, 0.1) is 5.60 Å². The summed E-state index contributed by atoms with van der Waals surface area (Å²) < 4.78 is 0. The van der Waals surface area contributed by atoms with E-state index in [-0.39, 0.29) is 5.92 Å². The van der Waals surface area contributed by atoms with Gasteiger partial charge in [-0.25, -0.2) is 0 Å². The standard InChI is InChI=1S/C22H34ClNO/c1-16(14-18-10-12-20(23)13-11-18)22(25,17(2)21(3,4)24)15-19-8-6-5-7-9-19/h10-14,17,19,25H,5-9,15,24H2,1-4H3. The zero-order valence-electron chi connectivity index (χ0n) is 16.2. The zero-order valence-corrected chi connectivity index (χ0v) is 16.9. The fraction of sp³-hybridized carbons (Fsp3) is 0.636. The molecule has 1 fully saturated rings. The SMILES string of the molecule is CC(=Cc1ccc(Cl)cc1)C(O)(CC1CCCCC1)C(C)C(C)(C)N. The highest BCUT2D eigenvalue weighted by atomic mass is 35.5. The number of halogens is 1. The third-order valence-electron chi connectivity index (χ3n) is 6.09. The Hall–Kier alpha value is -0.830. The molecule has 1 aliphatic carbocycles. The number of hydrogen-bond acceptors (Lipinski definition) is 2. The van der Waals surface area contributed by atoms with E-state index in [9.17, 15) is 5.11 Å². The minimum absolute atomic E-state index is 0.0366. The lowest BCUT2D eigenvalue weighted by atomic mass is 9.67. The molecule has 0 saturated heterocycles. The van der Waals surface area contributed by atoms with Crippen molar-refractivity contribution < 1.29 is 5.11 Å². The second-order valence-electron chi connectivity index (χ2n) is 8.55. The lowest BCUT2D eigenvalue weighted by Gasteiger charge is -2.44. The maximum absolute atomic E-state index is 11.8. The Labute approximate surface area is 158 Å². The highest BCUT2D eigenvalue weighted by Gasteiger charge is 2.43. The average molecular weight is 364 g/mol. The second kappa shape index (κ2) is 8.24. The molecule has 1 aromatic carbocycles. The summed E-state index contributed by atoms with van der Waals surface area (Å²) in [6.45, 7) is 8.15. The third kappa shape index (κ3) is 5.32. The van der Waals surface area contributed by atoms with E-state index in [0.29, 0.717) is 5.92 Å². The third-order valence-corrected chi connectivity index (χ3v) is 6.35. The molecule has 0 radical (unpaired) electrons. The van der Waals surface area contributed by atoms with Crippen LogP contribution in [0.1, 0.15) is 71.8 Å². The van der Waals surface area contributed by atoms with E-state index in [4.69, 9.17) is 17.3 Å². The number of rotatable bonds is 6. The first kappa shape index (κ1) is 20.5. The highest BCUT2D eigenvalue weighted by Crippen LogP contribution is 2.41. The smallest absolute Gasteiger partial charge is 0.0902 e. The number of benzene rings is 1. The van der Waals surface area contributed by atoms with Crippen LogP contribution in [-0.2, 0) is 0 Å². The Balaban J connectivity index is 2.33. The van der Waals surface area contributed by atoms with Gasteiger partial charge in [-0.1, -0.05) is 68.8 Å². The molecule has 0 heterocycles. The van der Waals surface area contributed by atoms with E-state index in [1.807, 2.05) is 45.0 Å². The van der Waals surface area contributed by atoms with Gasteiger partial charge >= 0.3 is 0 Å². The van der Waals surface area contributed by atoms with E-state index >= 15 is 0 Å². The van der Waals surface area contributed by atoms with Crippen LogP contribution in [0.2, 0.25) is 5.02 Å². The Morgan fingerprint density at radius 2 is 1.80 bits per heavy atom. The zero-order chi connectivity index (χ0) is 18.7. The lowest BCUT2D eigenvalue weighted by molar-refractivity contribution is -0.0261. The number of hydrogen-bond donors (Lipinski definition) is 2. The molecule has 0 bridgehead atoms. The Morgan fingerprint density at radius 1 is 1.24 bits per heavy atom. The van der Waals surface area contributed by atoms with E-state index in [0.717, 1.165) is 22.6 Å². The molecular weight excluding hydrogens is 330 g/mol. The largest absolute Gasteiger partial charge is 0.385 e. The minimum Gasteiger partial charge on any atom is -0.385 e. The maximum atomic E-state index is 11.8. The summed E-state index contributed by atoms with van der Waals surface area (Å²) in [6, 6.07) is 7.75. The molecule has 2 atom stereocenters. The molecule has 0 aromatic heterocycles. The number of nitrogens with two attached hydrogens (primary N) is 1. The Kier molecular flexibility index (Phi) is 6.75. The van der Waals surface area contributed by atoms with E-state index < -0.39 is 11.1 Å². The van der Waals surface area contributed by atoms with Crippen LogP contribution >= 0.6 is 11.6 Å². The van der Waals surface area contributed by atoms with Crippen molar-refractivity contribution in [2.24, 2.45) is 17.6 Å². The molecule has 2 rings (SSSR count). The van der Waals surface area contributed by atoms with Crippen LogP contribution in [-0.4, -0.2) is 16.2 Å². The quantitative estimate of drug-likeness (QED) is 0.669. The van der Waals surface area contributed by atoms with Crippen molar-refractivity contribution in [2.45, 2.75) is 77.4 Å². The van der Waals surface area contributed by atoms with Crippen molar-refractivity contribution in [3.63, 3.8) is 0 Å². The van der Waals surface area contributed by atoms with Crippen LogP contribution in [0, 0.1) is 11.8 Å². The van der Waals surface area contributed by atoms with Crippen molar-refractivity contribution >= 4 is 17.7 Å². The predicted octanol–water partition coefficient (Wildman–Crippen LogP) is 5.82. The molecular formula is C22H34ClNO. The van der Waals surface area contributed by atoms with Gasteiger partial charge in [-0.2, -0.15) is 0 Å². The van der Waals surface area contributed by atoms with Crippen LogP contribution in [0.4, 0.5) is 0 Å². The summed E-state index contributed by atoms with van der Waals surface area (Å²) in [5.41, 5.74) is 7.13. The summed E-state index contributed by atoms with van der Waals surface area (Å²) in [5.74, 6) is 0.544. The second-order valence-corrected chi connectivity index (χ2v) is 8.99. The lowest BCUT2D eigenvalue weighted by Crippen LogP contribution is -2.53. The Bertz CT molecular complexity index is 581. The first-order valence-electron chi connectivity index (χ1n) is 9.58. The van der Waals surface area contributed by atoms with Crippen LogP contribution in [0.25, 0.3) is 6.08 Å². The monoisotopic (exact) mass is 363 g/mol. The first-order chi connectivity index (χ1) is 11.6. The van der Waals surface area contributed by atoms with E-state index in [1.165, 1.54) is 32.1 Å². The van der Waals surface area contributed by atoms with Crippen molar-refractivity contribution in [1.29, 1.82) is 0 Å². The van der Waals surface area contributed by atoms with Gasteiger partial charge < -0.3 is 10.8 Å². The summed E-state index contributed by atoms with van der Waals surface area (Å²) >= 11 is 5.99. The van der Waals surface area contributed by atoms with Gasteiger partial charge in [0.25, 0.3) is 0 Å². The van der Waals surface area contributed by atoms with Gasteiger partial charge in [-0.3, -0.25) is 0 Å². The molecule has 0 amide bonds. The van der Waals surface area contributed by atoms with Gasteiger partial charge in [-0.15, -0.1) is 0 Å². The van der Waals surface area contributed by atoms with Gasteiger partial charge in [0.1, 0.15) is 0 Å². The molecule has 1 aromatic rings. The van der Waals surface area contributed by atoms with Crippen LogP contribution in [0.15, 0.2) is 29.8 Å². The summed E-state index contributed by atoms with van der Waals surface area (Å²) in [5, 5.41) is 12.5. The predicted molar refractivity (Wildman–Crippen MR) is 109 cm³/mol. The van der Waals surface area contributed by atoms with Crippen LogP contribution in [0.3, 0.4) is 0 Å². The first-order valence-corrected chi connectivity index (χ1v) is 9.96. The van der Waals surface area contributed by atoms with Crippen molar-refractivity contribution in [1.82, 2.24) is 0 Å². The van der Waals surface area contributed by atoms with E-state index in [2.05, 4.69) is 13.0 Å². The fourth-order valence-corrected chi connectivity index (χ4v) is 4.19. The molecule has 2 unspecified atom stereocenters.